The van der Waals surface area contributed by atoms with E-state index in [1.54, 1.807) is 17.0 Å². The van der Waals surface area contributed by atoms with Crippen LogP contribution in [0.4, 0.5) is 18.9 Å². The molecule has 3 aromatic rings. The van der Waals surface area contributed by atoms with E-state index in [1.165, 1.54) is 24.7 Å². The summed E-state index contributed by atoms with van der Waals surface area (Å²) in [5, 5.41) is 3.10. The highest BCUT2D eigenvalue weighted by molar-refractivity contribution is 6.00. The van der Waals surface area contributed by atoms with Crippen molar-refractivity contribution in [3.05, 3.63) is 60.0 Å². The molecule has 2 fully saturated rings. The number of piperidine rings is 1. The lowest BCUT2D eigenvalue weighted by Gasteiger charge is -2.34. The third-order valence-electron chi connectivity index (χ3n) is 8.87. The number of halogens is 3. The second kappa shape index (κ2) is 16.2. The van der Waals surface area contributed by atoms with Crippen LogP contribution < -0.4 is 19.7 Å². The number of unbranched alkanes of at least 4 members (excludes halogenated alkanes) is 1. The molecule has 0 atom stereocenters. The molecule has 2 aliphatic rings. The van der Waals surface area contributed by atoms with Crippen molar-refractivity contribution in [2.24, 2.45) is 5.92 Å². The van der Waals surface area contributed by atoms with Crippen LogP contribution in [0.2, 0.25) is 0 Å². The van der Waals surface area contributed by atoms with Crippen molar-refractivity contribution in [1.82, 2.24) is 25.2 Å². The van der Waals surface area contributed by atoms with Gasteiger partial charge in [0.2, 0.25) is 17.7 Å². The SMILES string of the molecule is CCOc1ncnc(OCC)c1N(CCCCN1CCC(NC(=O)c2cccnc2-c2ccc(C(F)(F)F)cc2)CC1)C(=O)C1CCC1. The number of alkyl halides is 3. The average molecular weight is 669 g/mol. The Morgan fingerprint density at radius 3 is 2.19 bits per heavy atom. The van der Waals surface area contributed by atoms with Crippen molar-refractivity contribution in [2.45, 2.75) is 71.0 Å². The van der Waals surface area contributed by atoms with Crippen LogP contribution in [0.3, 0.4) is 0 Å². The maximum absolute atomic E-state index is 13.6. The number of hydrogen-bond acceptors (Lipinski definition) is 8. The molecule has 2 aromatic heterocycles. The lowest BCUT2D eigenvalue weighted by molar-refractivity contribution is -0.137. The Bertz CT molecular complexity index is 1500. The summed E-state index contributed by atoms with van der Waals surface area (Å²) in [7, 11) is 0. The zero-order chi connectivity index (χ0) is 34.1. The maximum atomic E-state index is 13.6. The number of anilines is 1. The van der Waals surface area contributed by atoms with Gasteiger partial charge in [0.25, 0.3) is 5.91 Å². The standard InChI is InChI=1S/C35H43F3N6O4/c1-3-47-32-30(33(48-4-2)41-23-40-32)44(34(46)25-9-7-10-25)20-6-5-19-43-21-16-27(17-22-43)42-31(45)28-11-8-18-39-29(28)24-12-14-26(15-13-24)35(36,37)38/h8,11-15,18,23,25,27H,3-7,9-10,16-17,19-22H2,1-2H3,(H,42,45). The Labute approximate surface area is 279 Å². The number of nitrogens with zero attached hydrogens (tertiary/aromatic N) is 5. The third-order valence-corrected chi connectivity index (χ3v) is 8.87. The van der Waals surface area contributed by atoms with Crippen LogP contribution in [-0.4, -0.2) is 77.1 Å². The molecule has 1 aliphatic carbocycles. The Hall–Kier alpha value is -4.26. The zero-order valence-electron chi connectivity index (χ0n) is 27.5. The number of nitrogens with one attached hydrogen (secondary N) is 1. The highest BCUT2D eigenvalue weighted by atomic mass is 19.4. The van der Waals surface area contributed by atoms with Gasteiger partial charge in [-0.2, -0.15) is 23.1 Å². The summed E-state index contributed by atoms with van der Waals surface area (Å²) in [6, 6.07) is 7.93. The van der Waals surface area contributed by atoms with E-state index in [4.69, 9.17) is 9.47 Å². The molecule has 2 amide bonds. The minimum atomic E-state index is -4.44. The number of pyridine rings is 1. The van der Waals surface area contributed by atoms with Crippen LogP contribution in [0.5, 0.6) is 11.8 Å². The van der Waals surface area contributed by atoms with E-state index in [-0.39, 0.29) is 23.8 Å². The number of rotatable bonds is 14. The van der Waals surface area contributed by atoms with Crippen LogP contribution in [0, 0.1) is 5.92 Å². The fourth-order valence-electron chi connectivity index (χ4n) is 6.08. The highest BCUT2D eigenvalue weighted by Crippen LogP contribution is 2.38. The second-order valence-electron chi connectivity index (χ2n) is 12.1. The summed E-state index contributed by atoms with van der Waals surface area (Å²) >= 11 is 0. The van der Waals surface area contributed by atoms with Gasteiger partial charge in [0.15, 0.2) is 5.69 Å². The van der Waals surface area contributed by atoms with Gasteiger partial charge in [-0.1, -0.05) is 18.6 Å². The van der Waals surface area contributed by atoms with Gasteiger partial charge in [-0.3, -0.25) is 14.6 Å². The predicted molar refractivity (Wildman–Crippen MR) is 175 cm³/mol. The van der Waals surface area contributed by atoms with Crippen molar-refractivity contribution in [2.75, 3.05) is 44.3 Å². The quantitative estimate of drug-likeness (QED) is 0.204. The van der Waals surface area contributed by atoms with Gasteiger partial charge in [0, 0.05) is 43.4 Å². The fraction of sp³-hybridized carbons (Fsp3) is 0.514. The molecular formula is C35H43F3N6O4. The molecule has 3 heterocycles. The Balaban J connectivity index is 1.14. The predicted octanol–water partition coefficient (Wildman–Crippen LogP) is 6.16. The van der Waals surface area contributed by atoms with Crippen molar-refractivity contribution in [1.29, 1.82) is 0 Å². The number of hydrogen-bond donors (Lipinski definition) is 1. The van der Waals surface area contributed by atoms with E-state index in [2.05, 4.69) is 25.2 Å². The highest BCUT2D eigenvalue weighted by Gasteiger charge is 2.34. The van der Waals surface area contributed by atoms with Gasteiger partial charge >= 0.3 is 6.18 Å². The lowest BCUT2D eigenvalue weighted by Crippen LogP contribution is -2.45. The molecule has 5 rings (SSSR count). The minimum absolute atomic E-state index is 0.0129. The van der Waals surface area contributed by atoms with E-state index in [0.717, 1.165) is 76.7 Å². The first-order valence-corrected chi connectivity index (χ1v) is 16.8. The molecule has 48 heavy (non-hydrogen) atoms. The number of ether oxygens (including phenoxy) is 2. The molecule has 13 heteroatoms. The smallest absolute Gasteiger partial charge is 0.416 e. The molecule has 0 bridgehead atoms. The van der Waals surface area contributed by atoms with Gasteiger partial charge < -0.3 is 24.6 Å². The second-order valence-corrected chi connectivity index (χ2v) is 12.1. The zero-order valence-corrected chi connectivity index (χ0v) is 27.5. The summed E-state index contributed by atoms with van der Waals surface area (Å²) < 4.78 is 50.7. The summed E-state index contributed by atoms with van der Waals surface area (Å²) in [6.45, 7) is 7.53. The normalized spacial score (nSPS) is 15.9. The van der Waals surface area contributed by atoms with Gasteiger partial charge in [0.1, 0.15) is 6.33 Å². The molecule has 1 saturated carbocycles. The van der Waals surface area contributed by atoms with E-state index in [1.807, 2.05) is 13.8 Å². The Morgan fingerprint density at radius 1 is 0.938 bits per heavy atom. The topological polar surface area (TPSA) is 110 Å². The summed E-state index contributed by atoms with van der Waals surface area (Å²) in [5.41, 5.74) is 0.861. The van der Waals surface area contributed by atoms with Crippen LogP contribution in [0.15, 0.2) is 48.9 Å². The first-order chi connectivity index (χ1) is 23.2. The largest absolute Gasteiger partial charge is 0.476 e. The van der Waals surface area contributed by atoms with Gasteiger partial charge in [0.05, 0.1) is 30.0 Å². The number of aromatic nitrogens is 3. The number of likely N-dealkylation sites (tertiary alicyclic amines) is 1. The van der Waals surface area contributed by atoms with E-state index >= 15 is 0 Å². The molecule has 1 aliphatic heterocycles. The molecule has 0 unspecified atom stereocenters. The van der Waals surface area contributed by atoms with Gasteiger partial charge in [-0.25, -0.2) is 0 Å². The van der Waals surface area contributed by atoms with Crippen LogP contribution in [-0.2, 0) is 11.0 Å². The monoisotopic (exact) mass is 668 g/mol. The lowest BCUT2D eigenvalue weighted by atomic mass is 9.84. The maximum Gasteiger partial charge on any atom is 0.416 e. The molecule has 1 saturated heterocycles. The average Bonchev–Trinajstić information content (AvgIpc) is 3.05. The number of amides is 2. The van der Waals surface area contributed by atoms with Crippen molar-refractivity contribution in [3.63, 3.8) is 0 Å². The summed E-state index contributed by atoms with van der Waals surface area (Å²) in [5.74, 6) is 0.456. The summed E-state index contributed by atoms with van der Waals surface area (Å²) in [4.78, 5) is 43.9. The van der Waals surface area contributed by atoms with Crippen LogP contribution >= 0.6 is 0 Å². The minimum Gasteiger partial charge on any atom is -0.476 e. The first kappa shape index (κ1) is 35.1. The molecule has 1 aromatic carbocycles. The number of carbonyl (C=O) groups excluding carboxylic acids is 2. The molecule has 0 radical (unpaired) electrons. The van der Waals surface area contributed by atoms with Crippen molar-refractivity contribution >= 4 is 17.5 Å². The van der Waals surface area contributed by atoms with Crippen molar-refractivity contribution < 1.29 is 32.2 Å². The molecule has 10 nitrogen and oxygen atoms in total. The molecular weight excluding hydrogens is 625 g/mol. The first-order valence-electron chi connectivity index (χ1n) is 16.8. The van der Waals surface area contributed by atoms with Gasteiger partial charge in [-0.15, -0.1) is 0 Å². The fourth-order valence-corrected chi connectivity index (χ4v) is 6.08. The molecule has 0 spiro atoms. The third kappa shape index (κ3) is 8.60. The molecule has 1 N–H and O–H groups in total. The number of benzene rings is 1. The summed E-state index contributed by atoms with van der Waals surface area (Å²) in [6.07, 6.45) is 4.46. The van der Waals surface area contributed by atoms with E-state index in [9.17, 15) is 22.8 Å². The Morgan fingerprint density at radius 2 is 1.60 bits per heavy atom. The van der Waals surface area contributed by atoms with Gasteiger partial charge in [-0.05, 0) is 83.2 Å². The number of carbonyl (C=O) groups is 2. The Kier molecular flexibility index (Phi) is 11.9. The van der Waals surface area contributed by atoms with Crippen LogP contribution in [0.25, 0.3) is 11.3 Å². The van der Waals surface area contributed by atoms with E-state index < -0.39 is 11.7 Å². The van der Waals surface area contributed by atoms with Crippen LogP contribution in [0.1, 0.15) is 74.7 Å². The van der Waals surface area contributed by atoms with E-state index in [0.29, 0.717) is 54.0 Å². The molecule has 258 valence electrons. The van der Waals surface area contributed by atoms with Crippen molar-refractivity contribution in [3.8, 4) is 23.0 Å².